The highest BCUT2D eigenvalue weighted by Gasteiger charge is 2.27. The molecule has 198 valence electrons. The summed E-state index contributed by atoms with van der Waals surface area (Å²) in [4.78, 5) is 0. The van der Waals surface area contributed by atoms with Crippen molar-refractivity contribution in [1.29, 1.82) is 5.41 Å². The van der Waals surface area contributed by atoms with Crippen LogP contribution in [-0.2, 0) is 28.4 Å². The zero-order valence-electron chi connectivity index (χ0n) is 20.9. The van der Waals surface area contributed by atoms with Crippen LogP contribution in [0.5, 0.6) is 0 Å². The molecule has 1 aromatic rings. The van der Waals surface area contributed by atoms with Crippen molar-refractivity contribution in [3.8, 4) is 12.3 Å². The van der Waals surface area contributed by atoms with Gasteiger partial charge >= 0.3 is 0 Å². The van der Waals surface area contributed by atoms with Crippen LogP contribution in [0.4, 0.5) is 10.1 Å². The summed E-state index contributed by atoms with van der Waals surface area (Å²) in [5.74, 6) is 2.13. The Morgan fingerprint density at radius 1 is 0.972 bits per heavy atom. The average molecular weight is 506 g/mol. The quantitative estimate of drug-likeness (QED) is 0.121. The Hall–Kier alpha value is -2.78. The van der Waals surface area contributed by atoms with Crippen LogP contribution in [0.25, 0.3) is 0 Å². The summed E-state index contributed by atoms with van der Waals surface area (Å²) in [6, 6.07) is 5.96. The van der Waals surface area contributed by atoms with E-state index in [9.17, 15) is 4.39 Å². The Balaban J connectivity index is 1.66. The fourth-order valence-corrected chi connectivity index (χ4v) is 3.29. The minimum Gasteiger partial charge on any atom is -0.388 e. The fraction of sp³-hybridized carbons (Fsp3) is 0.500. The van der Waals surface area contributed by atoms with Gasteiger partial charge in [0, 0.05) is 31.1 Å². The zero-order valence-corrected chi connectivity index (χ0v) is 20.9. The number of amidine groups is 1. The molecule has 1 aromatic carbocycles. The van der Waals surface area contributed by atoms with Crippen molar-refractivity contribution in [3.63, 3.8) is 0 Å². The molecule has 0 saturated carbocycles. The van der Waals surface area contributed by atoms with Crippen molar-refractivity contribution in [3.05, 3.63) is 53.5 Å². The monoisotopic (exact) mass is 505 g/mol. The number of terminal acetylenes is 1. The van der Waals surface area contributed by atoms with Crippen molar-refractivity contribution in [2.45, 2.75) is 12.2 Å². The van der Waals surface area contributed by atoms with Gasteiger partial charge < -0.3 is 39.1 Å². The predicted octanol–water partition coefficient (Wildman–Crippen LogP) is 2.36. The standard InChI is InChI=1S/C26H36FN3O6/c1-4-8-32-9-10-33-11-12-34-13-14-35-15-16-36-25-19-23(29-2)22(18-24(25)31-3)26(28)30-21-7-5-6-20(27)17-21/h1,5-7,17-19,24-25,29H,8-16H2,2-3H3,(H2,28,30). The summed E-state index contributed by atoms with van der Waals surface area (Å²) in [7, 11) is 3.35. The van der Waals surface area contributed by atoms with Gasteiger partial charge in [-0.2, -0.15) is 0 Å². The topological polar surface area (TPSA) is 103 Å². The lowest BCUT2D eigenvalue weighted by Gasteiger charge is -2.29. The summed E-state index contributed by atoms with van der Waals surface area (Å²) in [5.41, 5.74) is 1.80. The highest BCUT2D eigenvalue weighted by Crippen LogP contribution is 2.23. The Morgan fingerprint density at radius 2 is 1.61 bits per heavy atom. The number of likely N-dealkylation sites (N-methyl/N-ethyl adjacent to an activating group) is 1. The number of anilines is 1. The number of hydrogen-bond acceptors (Lipinski definition) is 8. The molecule has 2 rings (SSSR count). The molecule has 36 heavy (non-hydrogen) atoms. The van der Waals surface area contributed by atoms with Crippen molar-refractivity contribution in [2.75, 3.05) is 78.9 Å². The summed E-state index contributed by atoms with van der Waals surface area (Å²) in [6.45, 7) is 3.85. The fourth-order valence-electron chi connectivity index (χ4n) is 3.29. The molecule has 3 N–H and O–H groups in total. The van der Waals surface area contributed by atoms with Gasteiger partial charge in [0.2, 0.25) is 0 Å². The summed E-state index contributed by atoms with van der Waals surface area (Å²) >= 11 is 0. The van der Waals surface area contributed by atoms with E-state index >= 15 is 0 Å². The molecule has 0 aromatic heterocycles. The van der Waals surface area contributed by atoms with E-state index in [1.807, 2.05) is 12.2 Å². The second kappa shape index (κ2) is 17.6. The normalized spacial score (nSPS) is 17.2. The summed E-state index contributed by atoms with van der Waals surface area (Å²) in [5, 5.41) is 14.5. The van der Waals surface area contributed by atoms with Crippen LogP contribution in [0.2, 0.25) is 0 Å². The lowest BCUT2D eigenvalue weighted by atomic mass is 9.97. The molecule has 0 fully saturated rings. The molecule has 1 aliphatic rings. The first kappa shape index (κ1) is 29.5. The number of ether oxygens (including phenoxy) is 6. The van der Waals surface area contributed by atoms with Crippen LogP contribution >= 0.6 is 0 Å². The van der Waals surface area contributed by atoms with Crippen LogP contribution in [0.1, 0.15) is 0 Å². The summed E-state index contributed by atoms with van der Waals surface area (Å²) in [6.07, 6.45) is 8.01. The highest BCUT2D eigenvalue weighted by atomic mass is 19.1. The SMILES string of the molecule is C#CCOCCOCCOCCOCCOC1C=C(NC)C(C(=N)Nc2cccc(F)c2)=CC1OC. The molecule has 0 bridgehead atoms. The van der Waals surface area contributed by atoms with Crippen LogP contribution in [0.15, 0.2) is 47.7 Å². The van der Waals surface area contributed by atoms with E-state index in [0.29, 0.717) is 76.4 Å². The number of rotatable bonds is 18. The molecule has 2 atom stereocenters. The molecule has 2 unspecified atom stereocenters. The molecule has 1 aliphatic carbocycles. The Labute approximate surface area is 212 Å². The maximum atomic E-state index is 13.5. The second-order valence-corrected chi connectivity index (χ2v) is 7.55. The third-order valence-corrected chi connectivity index (χ3v) is 5.02. The van der Waals surface area contributed by atoms with Gasteiger partial charge in [0.1, 0.15) is 30.5 Å². The van der Waals surface area contributed by atoms with Gasteiger partial charge in [-0.25, -0.2) is 4.39 Å². The second-order valence-electron chi connectivity index (χ2n) is 7.55. The van der Waals surface area contributed by atoms with Crippen LogP contribution in [0, 0.1) is 23.6 Å². The molecular formula is C26H36FN3O6. The number of benzene rings is 1. The zero-order chi connectivity index (χ0) is 26.0. The lowest BCUT2D eigenvalue weighted by Crippen LogP contribution is -2.36. The minimum atomic E-state index is -0.396. The third kappa shape index (κ3) is 10.9. The number of halogens is 1. The van der Waals surface area contributed by atoms with Gasteiger partial charge in [-0.3, -0.25) is 5.41 Å². The minimum absolute atomic E-state index is 0.118. The molecule has 0 heterocycles. The van der Waals surface area contributed by atoms with E-state index in [4.69, 9.17) is 40.3 Å². The smallest absolute Gasteiger partial charge is 0.131 e. The Bertz CT molecular complexity index is 902. The maximum absolute atomic E-state index is 13.5. The van der Waals surface area contributed by atoms with Gasteiger partial charge in [-0.1, -0.05) is 12.0 Å². The van der Waals surface area contributed by atoms with E-state index in [-0.39, 0.29) is 17.8 Å². The first-order chi connectivity index (χ1) is 17.6. The Morgan fingerprint density at radius 3 is 2.19 bits per heavy atom. The first-order valence-electron chi connectivity index (χ1n) is 11.7. The van der Waals surface area contributed by atoms with E-state index in [1.165, 1.54) is 12.1 Å². The van der Waals surface area contributed by atoms with Gasteiger partial charge in [0.15, 0.2) is 0 Å². The molecule has 0 radical (unpaired) electrons. The first-order valence-corrected chi connectivity index (χ1v) is 11.7. The van der Waals surface area contributed by atoms with E-state index in [1.54, 1.807) is 26.3 Å². The summed E-state index contributed by atoms with van der Waals surface area (Å²) < 4.78 is 46.4. The van der Waals surface area contributed by atoms with E-state index < -0.39 is 6.10 Å². The molecule has 9 nitrogen and oxygen atoms in total. The van der Waals surface area contributed by atoms with Crippen molar-refractivity contribution in [1.82, 2.24) is 5.32 Å². The van der Waals surface area contributed by atoms with Crippen LogP contribution < -0.4 is 10.6 Å². The van der Waals surface area contributed by atoms with E-state index in [2.05, 4.69) is 16.6 Å². The molecule has 10 heteroatoms. The van der Waals surface area contributed by atoms with Crippen LogP contribution in [-0.4, -0.2) is 91.7 Å². The van der Waals surface area contributed by atoms with Crippen molar-refractivity contribution < 1.29 is 32.8 Å². The van der Waals surface area contributed by atoms with Gasteiger partial charge in [0.25, 0.3) is 0 Å². The van der Waals surface area contributed by atoms with Gasteiger partial charge in [-0.15, -0.1) is 6.42 Å². The van der Waals surface area contributed by atoms with E-state index in [0.717, 1.165) is 0 Å². The molecule has 0 amide bonds. The van der Waals surface area contributed by atoms with Crippen molar-refractivity contribution >= 4 is 11.5 Å². The average Bonchev–Trinajstić information content (AvgIpc) is 2.88. The maximum Gasteiger partial charge on any atom is 0.131 e. The number of methoxy groups -OCH3 is 1. The number of nitrogens with one attached hydrogen (secondary N) is 3. The molecular weight excluding hydrogens is 469 g/mol. The Kier molecular flexibility index (Phi) is 14.4. The van der Waals surface area contributed by atoms with Crippen molar-refractivity contribution in [2.24, 2.45) is 0 Å². The van der Waals surface area contributed by atoms with Gasteiger partial charge in [0.05, 0.1) is 52.9 Å². The molecule has 0 aliphatic heterocycles. The molecule has 0 spiro atoms. The predicted molar refractivity (Wildman–Crippen MR) is 136 cm³/mol. The number of hydrogen-bond donors (Lipinski definition) is 3. The highest BCUT2D eigenvalue weighted by molar-refractivity contribution is 6.09. The third-order valence-electron chi connectivity index (χ3n) is 5.02. The lowest BCUT2D eigenvalue weighted by molar-refractivity contribution is -0.0425. The van der Waals surface area contributed by atoms with Crippen LogP contribution in [0.3, 0.4) is 0 Å². The molecule has 0 saturated heterocycles. The largest absolute Gasteiger partial charge is 0.388 e. The van der Waals surface area contributed by atoms with Gasteiger partial charge in [-0.05, 0) is 30.4 Å².